The first-order chi connectivity index (χ1) is 18.3. The maximum Gasteiger partial charge on any atom is 0.267 e. The van der Waals surface area contributed by atoms with Crippen molar-refractivity contribution in [1.29, 1.82) is 0 Å². The number of aromatic nitrogens is 1. The Morgan fingerprint density at radius 2 is 1.34 bits per heavy atom. The molecule has 5 aromatic rings. The van der Waals surface area contributed by atoms with Gasteiger partial charge in [0.2, 0.25) is 0 Å². The van der Waals surface area contributed by atoms with Gasteiger partial charge >= 0.3 is 0 Å². The van der Waals surface area contributed by atoms with Crippen molar-refractivity contribution >= 4 is 49.0 Å². The Labute approximate surface area is 222 Å². The van der Waals surface area contributed by atoms with Crippen molar-refractivity contribution in [1.82, 2.24) is 4.57 Å². The smallest absolute Gasteiger partial charge is 0.267 e. The zero-order valence-corrected chi connectivity index (χ0v) is 22.4. The third kappa shape index (κ3) is 4.80. The Morgan fingerprint density at radius 3 is 1.89 bits per heavy atom. The van der Waals surface area contributed by atoms with E-state index in [0.29, 0.717) is 6.54 Å². The van der Waals surface area contributed by atoms with Crippen LogP contribution >= 0.6 is 0 Å². The van der Waals surface area contributed by atoms with Gasteiger partial charge in [-0.1, -0.05) is 24.3 Å². The fraction of sp³-hybridized carbons (Fsp3) is 0.200. The average molecular weight is 531 g/mol. The topological polar surface area (TPSA) is 81.0 Å². The van der Waals surface area contributed by atoms with Crippen LogP contribution in [0.2, 0.25) is 0 Å². The summed E-state index contributed by atoms with van der Waals surface area (Å²) in [5.74, 6) is 1.54. The summed E-state index contributed by atoms with van der Waals surface area (Å²) in [5, 5.41) is 1.25. The maximum absolute atomic E-state index is 11.7. The molecule has 5 rings (SSSR count). The first-order valence-corrected chi connectivity index (χ1v) is 13.9. The zero-order valence-electron chi connectivity index (χ0n) is 21.5. The largest absolute Gasteiger partial charge is 0.497 e. The normalized spacial score (nSPS) is 12.5. The quantitative estimate of drug-likeness (QED) is 0.208. The summed E-state index contributed by atoms with van der Waals surface area (Å²) < 4.78 is 45.8. The Bertz CT molecular complexity index is 1630. The Hall–Kier alpha value is -4.01. The van der Waals surface area contributed by atoms with Gasteiger partial charge in [0.15, 0.2) is 0 Å². The molecule has 8 heteroatoms. The standard InChI is InChI=1S/C30H30N2O5S/c1-21(38(33,34)35)19-20-31-27-8-5-4-7-26(27)30-28(31)9-6-10-29(30)32(22-11-15-24(36-2)16-12-22)23-13-17-25(37-3)18-14-23/h4-18,21H,19-20H2,1-3H3,(H,33,34,35). The minimum atomic E-state index is -4.11. The van der Waals surface area contributed by atoms with E-state index in [9.17, 15) is 13.0 Å². The molecular formula is C30H30N2O5S. The number of rotatable bonds is 9. The second kappa shape index (κ2) is 10.4. The highest BCUT2D eigenvalue weighted by Gasteiger charge is 2.22. The molecule has 1 atom stereocenters. The highest BCUT2D eigenvalue weighted by molar-refractivity contribution is 7.86. The van der Waals surface area contributed by atoms with Crippen LogP contribution in [0.5, 0.6) is 11.5 Å². The van der Waals surface area contributed by atoms with Crippen LogP contribution in [-0.2, 0) is 16.7 Å². The minimum absolute atomic E-state index is 0.289. The van der Waals surface area contributed by atoms with Crippen LogP contribution in [0.1, 0.15) is 13.3 Å². The Kier molecular flexibility index (Phi) is 7.01. The van der Waals surface area contributed by atoms with Crippen LogP contribution in [0.4, 0.5) is 17.1 Å². The van der Waals surface area contributed by atoms with E-state index in [0.717, 1.165) is 50.4 Å². The predicted molar refractivity (Wildman–Crippen MR) is 153 cm³/mol. The molecule has 0 bridgehead atoms. The molecule has 0 radical (unpaired) electrons. The highest BCUT2D eigenvalue weighted by atomic mass is 32.2. The lowest BCUT2D eigenvalue weighted by atomic mass is 10.1. The number of aryl methyl sites for hydroxylation is 1. The molecule has 38 heavy (non-hydrogen) atoms. The first-order valence-electron chi connectivity index (χ1n) is 12.4. The number of anilines is 3. The zero-order chi connectivity index (χ0) is 26.9. The molecule has 1 unspecified atom stereocenters. The summed E-state index contributed by atoms with van der Waals surface area (Å²) >= 11 is 0. The maximum atomic E-state index is 11.7. The van der Waals surface area contributed by atoms with Crippen LogP contribution in [0, 0.1) is 0 Å². The summed E-state index contributed by atoms with van der Waals surface area (Å²) in [7, 11) is -0.815. The number of fused-ring (bicyclic) bond motifs is 3. The van der Waals surface area contributed by atoms with E-state index >= 15 is 0 Å². The molecule has 0 aliphatic heterocycles. The predicted octanol–water partition coefficient (Wildman–Crippen LogP) is 6.95. The second-order valence-corrected chi connectivity index (χ2v) is 11.0. The van der Waals surface area contributed by atoms with Crippen molar-refractivity contribution in [2.24, 2.45) is 0 Å². The van der Waals surface area contributed by atoms with Gasteiger partial charge in [-0.15, -0.1) is 0 Å². The molecule has 0 amide bonds. The molecule has 1 aromatic heterocycles. The average Bonchev–Trinajstić information content (AvgIpc) is 3.26. The molecule has 0 saturated heterocycles. The molecule has 0 aliphatic carbocycles. The molecule has 196 valence electrons. The minimum Gasteiger partial charge on any atom is -0.497 e. The van der Waals surface area contributed by atoms with Crippen molar-refractivity contribution in [2.45, 2.75) is 25.1 Å². The molecule has 4 aromatic carbocycles. The molecule has 1 N–H and O–H groups in total. The first kappa shape index (κ1) is 25.6. The number of benzene rings is 4. The lowest BCUT2D eigenvalue weighted by Crippen LogP contribution is -2.18. The van der Waals surface area contributed by atoms with E-state index in [-0.39, 0.29) is 6.42 Å². The molecule has 0 saturated carbocycles. The van der Waals surface area contributed by atoms with Gasteiger partial charge in [-0.2, -0.15) is 8.42 Å². The SMILES string of the molecule is COc1ccc(N(c2ccc(OC)cc2)c2cccc3c2c2ccccc2n3CCC(C)S(=O)(=O)O)cc1. The number of ether oxygens (including phenoxy) is 2. The van der Waals surface area contributed by atoms with E-state index in [1.54, 1.807) is 14.2 Å². The number of hydrogen-bond acceptors (Lipinski definition) is 5. The second-order valence-electron chi connectivity index (χ2n) is 9.19. The summed E-state index contributed by atoms with van der Waals surface area (Å²) in [4.78, 5) is 2.19. The molecule has 0 spiro atoms. The van der Waals surface area contributed by atoms with Gasteiger partial charge in [0, 0.05) is 34.2 Å². The van der Waals surface area contributed by atoms with Gasteiger partial charge in [0.05, 0.1) is 30.7 Å². The van der Waals surface area contributed by atoms with Crippen molar-refractivity contribution < 1.29 is 22.4 Å². The van der Waals surface area contributed by atoms with Gasteiger partial charge in [0.1, 0.15) is 11.5 Å². The lowest BCUT2D eigenvalue weighted by Gasteiger charge is -2.27. The monoisotopic (exact) mass is 530 g/mol. The van der Waals surface area contributed by atoms with Crippen molar-refractivity contribution in [3.8, 4) is 11.5 Å². The number of nitrogens with zero attached hydrogens (tertiary/aromatic N) is 2. The Morgan fingerprint density at radius 1 is 0.789 bits per heavy atom. The van der Waals surface area contributed by atoms with E-state index in [1.165, 1.54) is 6.92 Å². The van der Waals surface area contributed by atoms with Gasteiger partial charge in [-0.05, 0) is 80.1 Å². The van der Waals surface area contributed by atoms with Crippen molar-refractivity contribution in [3.63, 3.8) is 0 Å². The van der Waals surface area contributed by atoms with Crippen LogP contribution in [-0.4, -0.2) is 37.0 Å². The number of hydrogen-bond donors (Lipinski definition) is 1. The Balaban J connectivity index is 1.73. The third-order valence-corrected chi connectivity index (χ3v) is 8.20. The van der Waals surface area contributed by atoms with Crippen LogP contribution < -0.4 is 14.4 Å². The third-order valence-electron chi connectivity index (χ3n) is 6.95. The van der Waals surface area contributed by atoms with Crippen LogP contribution in [0.25, 0.3) is 21.8 Å². The van der Waals surface area contributed by atoms with Crippen LogP contribution in [0.3, 0.4) is 0 Å². The van der Waals surface area contributed by atoms with E-state index in [1.807, 2.05) is 72.8 Å². The van der Waals surface area contributed by atoms with Gasteiger partial charge < -0.3 is 18.9 Å². The lowest BCUT2D eigenvalue weighted by molar-refractivity contribution is 0.415. The van der Waals surface area contributed by atoms with Crippen LogP contribution in [0.15, 0.2) is 91.0 Å². The summed E-state index contributed by atoms with van der Waals surface area (Å²) in [6, 6.07) is 30.1. The number of para-hydroxylation sites is 1. The highest BCUT2D eigenvalue weighted by Crippen LogP contribution is 2.43. The molecule has 0 aliphatic rings. The van der Waals surface area contributed by atoms with Gasteiger partial charge in [-0.3, -0.25) is 4.55 Å². The summed E-state index contributed by atoms with van der Waals surface area (Å²) in [6.07, 6.45) is 0.289. The molecule has 7 nitrogen and oxygen atoms in total. The van der Waals surface area contributed by atoms with Crippen molar-refractivity contribution in [3.05, 3.63) is 91.0 Å². The van der Waals surface area contributed by atoms with Gasteiger partial charge in [0.25, 0.3) is 10.1 Å². The molecule has 1 heterocycles. The van der Waals surface area contributed by atoms with E-state index < -0.39 is 15.4 Å². The molecular weight excluding hydrogens is 500 g/mol. The van der Waals surface area contributed by atoms with E-state index in [4.69, 9.17) is 9.47 Å². The number of methoxy groups -OCH3 is 2. The summed E-state index contributed by atoms with van der Waals surface area (Å²) in [5.41, 5.74) is 4.89. The fourth-order valence-corrected chi connectivity index (χ4v) is 5.26. The fourth-order valence-electron chi connectivity index (χ4n) is 4.86. The van der Waals surface area contributed by atoms with Gasteiger partial charge in [-0.25, -0.2) is 0 Å². The van der Waals surface area contributed by atoms with E-state index in [2.05, 4.69) is 27.7 Å². The molecule has 0 fully saturated rings. The summed E-state index contributed by atoms with van der Waals surface area (Å²) in [6.45, 7) is 1.98. The van der Waals surface area contributed by atoms with Crippen molar-refractivity contribution in [2.75, 3.05) is 19.1 Å².